The number of hydrogen-bond acceptors (Lipinski definition) is 3. The molecule has 0 aliphatic heterocycles. The van der Waals surface area contributed by atoms with E-state index in [9.17, 15) is 4.79 Å². The molecule has 0 saturated carbocycles. The van der Waals surface area contributed by atoms with E-state index in [0.717, 1.165) is 11.0 Å². The average Bonchev–Trinajstić information content (AvgIpc) is 2.73. The van der Waals surface area contributed by atoms with Crippen molar-refractivity contribution in [1.82, 2.24) is 14.9 Å². The number of amides is 1. The molecule has 6 heteroatoms. The maximum Gasteiger partial charge on any atom is 0.251 e. The van der Waals surface area contributed by atoms with Crippen LogP contribution in [0, 0.1) is 0 Å². The molecule has 108 valence electrons. The molecule has 1 N–H and O–H groups in total. The summed E-state index contributed by atoms with van der Waals surface area (Å²) in [6.45, 7) is 5.05. The highest BCUT2D eigenvalue weighted by atomic mass is 35.5. The van der Waals surface area contributed by atoms with E-state index in [4.69, 9.17) is 16.3 Å². The Kier molecular flexibility index (Phi) is 4.62. The van der Waals surface area contributed by atoms with Crippen LogP contribution in [0.4, 0.5) is 0 Å². The SMILES string of the molecule is COCCNC(=O)c1ccc2c(c1)nc(Cl)n2C(C)C. The second-order valence-corrected chi connectivity index (χ2v) is 5.13. The van der Waals surface area contributed by atoms with Gasteiger partial charge in [-0.1, -0.05) is 0 Å². The van der Waals surface area contributed by atoms with E-state index in [1.807, 2.05) is 24.5 Å². The van der Waals surface area contributed by atoms with E-state index in [1.165, 1.54) is 0 Å². The summed E-state index contributed by atoms with van der Waals surface area (Å²) in [7, 11) is 1.60. The molecule has 2 aromatic rings. The number of benzene rings is 1. The summed E-state index contributed by atoms with van der Waals surface area (Å²) in [4.78, 5) is 16.3. The summed E-state index contributed by atoms with van der Waals surface area (Å²) >= 11 is 6.13. The number of nitrogens with one attached hydrogen (secondary N) is 1. The molecule has 1 aromatic carbocycles. The molecule has 5 nitrogen and oxygen atoms in total. The monoisotopic (exact) mass is 295 g/mol. The normalized spacial score (nSPS) is 11.2. The van der Waals surface area contributed by atoms with Crippen molar-refractivity contribution in [2.75, 3.05) is 20.3 Å². The van der Waals surface area contributed by atoms with E-state index in [-0.39, 0.29) is 11.9 Å². The van der Waals surface area contributed by atoms with Gasteiger partial charge in [0, 0.05) is 25.3 Å². The average molecular weight is 296 g/mol. The van der Waals surface area contributed by atoms with E-state index in [1.54, 1.807) is 19.2 Å². The molecule has 0 saturated heterocycles. The van der Waals surface area contributed by atoms with Gasteiger partial charge in [-0.05, 0) is 43.6 Å². The molecule has 1 amide bonds. The smallest absolute Gasteiger partial charge is 0.251 e. The van der Waals surface area contributed by atoms with Crippen molar-refractivity contribution in [3.05, 3.63) is 29.0 Å². The minimum Gasteiger partial charge on any atom is -0.383 e. The minimum atomic E-state index is -0.140. The van der Waals surface area contributed by atoms with Crippen LogP contribution in [-0.2, 0) is 4.74 Å². The highest BCUT2D eigenvalue weighted by molar-refractivity contribution is 6.29. The van der Waals surface area contributed by atoms with Crippen LogP contribution in [-0.4, -0.2) is 35.7 Å². The third kappa shape index (κ3) is 2.94. The predicted molar refractivity (Wildman–Crippen MR) is 79.3 cm³/mol. The molecule has 20 heavy (non-hydrogen) atoms. The number of methoxy groups -OCH3 is 1. The Labute approximate surface area is 122 Å². The highest BCUT2D eigenvalue weighted by Gasteiger charge is 2.13. The van der Waals surface area contributed by atoms with E-state index in [2.05, 4.69) is 10.3 Å². The second-order valence-electron chi connectivity index (χ2n) is 4.80. The molecule has 0 bridgehead atoms. The maximum absolute atomic E-state index is 12.0. The van der Waals surface area contributed by atoms with Crippen molar-refractivity contribution in [2.45, 2.75) is 19.9 Å². The van der Waals surface area contributed by atoms with Crippen LogP contribution in [0.5, 0.6) is 0 Å². The van der Waals surface area contributed by atoms with Crippen molar-refractivity contribution >= 4 is 28.5 Å². The Morgan fingerprint density at radius 3 is 2.90 bits per heavy atom. The van der Waals surface area contributed by atoms with Crippen molar-refractivity contribution in [1.29, 1.82) is 0 Å². The fourth-order valence-electron chi connectivity index (χ4n) is 2.07. The molecule has 0 aliphatic rings. The first kappa shape index (κ1) is 14.8. The van der Waals surface area contributed by atoms with Crippen LogP contribution >= 0.6 is 11.6 Å². The van der Waals surface area contributed by atoms with Gasteiger partial charge in [0.15, 0.2) is 0 Å². The number of rotatable bonds is 5. The van der Waals surface area contributed by atoms with Gasteiger partial charge in [-0.25, -0.2) is 4.98 Å². The molecule has 0 radical (unpaired) electrons. The fraction of sp³-hybridized carbons (Fsp3) is 0.429. The Hall–Kier alpha value is -1.59. The highest BCUT2D eigenvalue weighted by Crippen LogP contribution is 2.24. The van der Waals surface area contributed by atoms with Crippen LogP contribution in [0.15, 0.2) is 18.2 Å². The number of carbonyl (C=O) groups excluding carboxylic acids is 1. The first-order chi connectivity index (χ1) is 9.54. The number of imidazole rings is 1. The Morgan fingerprint density at radius 1 is 1.50 bits per heavy atom. The zero-order valence-electron chi connectivity index (χ0n) is 11.8. The van der Waals surface area contributed by atoms with Crippen molar-refractivity contribution in [3.63, 3.8) is 0 Å². The lowest BCUT2D eigenvalue weighted by Gasteiger charge is -2.09. The van der Waals surface area contributed by atoms with Crippen LogP contribution < -0.4 is 5.32 Å². The first-order valence-corrected chi connectivity index (χ1v) is 6.87. The summed E-state index contributed by atoms with van der Waals surface area (Å²) in [6, 6.07) is 5.62. The molecule has 1 aromatic heterocycles. The molecule has 0 unspecified atom stereocenters. The van der Waals surface area contributed by atoms with Gasteiger partial charge in [-0.3, -0.25) is 4.79 Å². The second kappa shape index (κ2) is 6.24. The van der Waals surface area contributed by atoms with Crippen LogP contribution in [0.1, 0.15) is 30.2 Å². The number of hydrogen-bond donors (Lipinski definition) is 1. The Balaban J connectivity index is 2.28. The molecule has 0 atom stereocenters. The largest absolute Gasteiger partial charge is 0.383 e. The minimum absolute atomic E-state index is 0.140. The quantitative estimate of drug-likeness (QED) is 0.863. The van der Waals surface area contributed by atoms with Crippen molar-refractivity contribution in [2.24, 2.45) is 0 Å². The number of aromatic nitrogens is 2. The molecule has 0 fully saturated rings. The summed E-state index contributed by atoms with van der Waals surface area (Å²) in [5.41, 5.74) is 2.22. The van der Waals surface area contributed by atoms with Gasteiger partial charge < -0.3 is 14.6 Å². The molecular weight excluding hydrogens is 278 g/mol. The van der Waals surface area contributed by atoms with E-state index in [0.29, 0.717) is 24.0 Å². The van der Waals surface area contributed by atoms with Gasteiger partial charge in [-0.2, -0.15) is 0 Å². The van der Waals surface area contributed by atoms with Crippen molar-refractivity contribution < 1.29 is 9.53 Å². The zero-order valence-corrected chi connectivity index (χ0v) is 12.6. The topological polar surface area (TPSA) is 56.1 Å². The van der Waals surface area contributed by atoms with Crippen LogP contribution in [0.2, 0.25) is 5.28 Å². The van der Waals surface area contributed by atoms with Gasteiger partial charge in [0.1, 0.15) is 0 Å². The van der Waals surface area contributed by atoms with Gasteiger partial charge >= 0.3 is 0 Å². The van der Waals surface area contributed by atoms with Gasteiger partial charge in [0.25, 0.3) is 5.91 Å². The van der Waals surface area contributed by atoms with E-state index < -0.39 is 0 Å². The number of nitrogens with zero attached hydrogens (tertiary/aromatic N) is 2. The lowest BCUT2D eigenvalue weighted by Crippen LogP contribution is -2.26. The summed E-state index contributed by atoms with van der Waals surface area (Å²) in [5, 5.41) is 3.21. The van der Waals surface area contributed by atoms with Crippen LogP contribution in [0.25, 0.3) is 11.0 Å². The Bertz CT molecular complexity index is 622. The Morgan fingerprint density at radius 2 is 2.25 bits per heavy atom. The molecular formula is C14H18ClN3O2. The number of ether oxygens (including phenoxy) is 1. The molecule has 1 heterocycles. The predicted octanol–water partition coefficient (Wildman–Crippen LogP) is 2.65. The maximum atomic E-state index is 12.0. The summed E-state index contributed by atoms with van der Waals surface area (Å²) in [5.74, 6) is -0.140. The third-order valence-corrected chi connectivity index (χ3v) is 3.28. The van der Waals surface area contributed by atoms with Crippen molar-refractivity contribution in [3.8, 4) is 0 Å². The number of carbonyl (C=O) groups is 1. The zero-order chi connectivity index (χ0) is 14.7. The molecule has 0 spiro atoms. The van der Waals surface area contributed by atoms with E-state index >= 15 is 0 Å². The third-order valence-electron chi connectivity index (χ3n) is 3.02. The van der Waals surface area contributed by atoms with Gasteiger partial charge in [-0.15, -0.1) is 0 Å². The lowest BCUT2D eigenvalue weighted by molar-refractivity contribution is 0.0937. The first-order valence-electron chi connectivity index (χ1n) is 6.49. The lowest BCUT2D eigenvalue weighted by atomic mass is 10.2. The summed E-state index contributed by atoms with van der Waals surface area (Å²) in [6.07, 6.45) is 0. The fourth-order valence-corrected chi connectivity index (χ4v) is 2.45. The standard InChI is InChI=1S/C14H18ClN3O2/c1-9(2)18-12-5-4-10(8-11(12)17-14(18)15)13(19)16-6-7-20-3/h4-5,8-9H,6-7H2,1-3H3,(H,16,19). The van der Waals surface area contributed by atoms with Gasteiger partial charge in [0.2, 0.25) is 5.28 Å². The van der Waals surface area contributed by atoms with Gasteiger partial charge in [0.05, 0.1) is 17.6 Å². The van der Waals surface area contributed by atoms with Crippen LogP contribution in [0.3, 0.4) is 0 Å². The summed E-state index contributed by atoms with van der Waals surface area (Å²) < 4.78 is 6.83. The number of halogens is 1. The molecule has 0 aliphatic carbocycles. The molecule has 2 rings (SSSR count). The number of fused-ring (bicyclic) bond motifs is 1.